The number of pyridine rings is 1. The highest BCUT2D eigenvalue weighted by Crippen LogP contribution is 2.16. The van der Waals surface area contributed by atoms with Crippen LogP contribution in [0.5, 0.6) is 0 Å². The van der Waals surface area contributed by atoms with Crippen LogP contribution in [0.1, 0.15) is 36.3 Å². The van der Waals surface area contributed by atoms with Gasteiger partial charge in [-0.15, -0.1) is 0 Å². The Hall–Kier alpha value is -1.62. The first-order chi connectivity index (χ1) is 8.81. The minimum absolute atomic E-state index is 0.160. The molecule has 0 saturated heterocycles. The summed E-state index contributed by atoms with van der Waals surface area (Å²) < 4.78 is 0. The molecule has 1 aromatic heterocycles. The number of aliphatic carboxylic acids is 1. The third kappa shape index (κ3) is 4.52. The molecule has 1 rings (SSSR count). The number of carboxylic acid groups (broad SMARTS) is 1. The lowest BCUT2D eigenvalue weighted by atomic mass is 10.0. The van der Waals surface area contributed by atoms with Crippen LogP contribution >= 0.6 is 11.6 Å². The van der Waals surface area contributed by atoms with Crippen molar-refractivity contribution in [3.63, 3.8) is 0 Å². The standard InChI is InChI=1S/C13H17ClN2O3/c1-7(2)4-11(13(18)19)16-12(17)9-6-15-8(3)5-10(9)14/h5-7,11H,4H2,1-3H3,(H,16,17)(H,18,19)/t11-/m1/s1. The number of rotatable bonds is 5. The Bertz CT molecular complexity index is 489. The van der Waals surface area contributed by atoms with Crippen LogP contribution in [0.4, 0.5) is 0 Å². The quantitative estimate of drug-likeness (QED) is 0.869. The zero-order valence-electron chi connectivity index (χ0n) is 11.1. The Labute approximate surface area is 117 Å². The maximum Gasteiger partial charge on any atom is 0.326 e. The second kappa shape index (κ2) is 6.52. The van der Waals surface area contributed by atoms with Gasteiger partial charge in [0.2, 0.25) is 0 Å². The zero-order chi connectivity index (χ0) is 14.6. The molecule has 104 valence electrons. The molecule has 1 heterocycles. The van der Waals surface area contributed by atoms with Gasteiger partial charge in [0.1, 0.15) is 6.04 Å². The maximum absolute atomic E-state index is 12.0. The minimum Gasteiger partial charge on any atom is -0.480 e. The molecule has 0 fully saturated rings. The Balaban J connectivity index is 2.84. The number of nitrogens with one attached hydrogen (secondary N) is 1. The van der Waals surface area contributed by atoms with Crippen molar-refractivity contribution in [3.8, 4) is 0 Å². The van der Waals surface area contributed by atoms with E-state index in [1.54, 1.807) is 13.0 Å². The Kier molecular flexibility index (Phi) is 5.30. The van der Waals surface area contributed by atoms with E-state index in [0.717, 1.165) is 0 Å². The van der Waals surface area contributed by atoms with Crippen molar-refractivity contribution in [1.82, 2.24) is 10.3 Å². The van der Waals surface area contributed by atoms with Gasteiger partial charge in [0.25, 0.3) is 5.91 Å². The molecule has 5 nitrogen and oxygen atoms in total. The minimum atomic E-state index is -1.06. The summed E-state index contributed by atoms with van der Waals surface area (Å²) >= 11 is 5.94. The fourth-order valence-electron chi connectivity index (χ4n) is 1.62. The molecule has 0 unspecified atom stereocenters. The first-order valence-electron chi connectivity index (χ1n) is 5.97. The predicted molar refractivity (Wildman–Crippen MR) is 72.3 cm³/mol. The Morgan fingerprint density at radius 3 is 2.58 bits per heavy atom. The van der Waals surface area contributed by atoms with Crippen LogP contribution in [0.2, 0.25) is 5.02 Å². The number of carbonyl (C=O) groups is 2. The molecule has 0 saturated carbocycles. The molecule has 0 aromatic carbocycles. The molecule has 1 atom stereocenters. The van der Waals surface area contributed by atoms with Crippen molar-refractivity contribution in [2.75, 3.05) is 0 Å². The maximum atomic E-state index is 12.0. The molecule has 19 heavy (non-hydrogen) atoms. The molecule has 0 bridgehead atoms. The third-order valence-electron chi connectivity index (χ3n) is 2.55. The second-order valence-corrected chi connectivity index (χ2v) is 5.21. The van der Waals surface area contributed by atoms with Gasteiger partial charge >= 0.3 is 5.97 Å². The highest BCUT2D eigenvalue weighted by Gasteiger charge is 2.22. The van der Waals surface area contributed by atoms with E-state index in [9.17, 15) is 9.59 Å². The van der Waals surface area contributed by atoms with Crippen LogP contribution < -0.4 is 5.32 Å². The number of carbonyl (C=O) groups excluding carboxylic acids is 1. The lowest BCUT2D eigenvalue weighted by Crippen LogP contribution is -2.41. The lowest BCUT2D eigenvalue weighted by Gasteiger charge is -2.16. The normalized spacial score (nSPS) is 12.3. The molecule has 0 aliphatic heterocycles. The van der Waals surface area contributed by atoms with Crippen LogP contribution in [0.25, 0.3) is 0 Å². The van der Waals surface area contributed by atoms with E-state index in [-0.39, 0.29) is 16.5 Å². The van der Waals surface area contributed by atoms with Crippen molar-refractivity contribution in [1.29, 1.82) is 0 Å². The number of aromatic nitrogens is 1. The number of amides is 1. The fraction of sp³-hybridized carbons (Fsp3) is 0.462. The average molecular weight is 285 g/mol. The van der Waals surface area contributed by atoms with Crippen molar-refractivity contribution >= 4 is 23.5 Å². The van der Waals surface area contributed by atoms with Crippen LogP contribution in [0.15, 0.2) is 12.3 Å². The summed E-state index contributed by atoms with van der Waals surface area (Å²) in [7, 11) is 0. The van der Waals surface area contributed by atoms with Crippen LogP contribution in [-0.2, 0) is 4.79 Å². The number of hydrogen-bond acceptors (Lipinski definition) is 3. The summed E-state index contributed by atoms with van der Waals surface area (Å²) in [5.74, 6) is -1.42. The van der Waals surface area contributed by atoms with Gasteiger partial charge in [-0.05, 0) is 25.3 Å². The largest absolute Gasteiger partial charge is 0.480 e. The van der Waals surface area contributed by atoms with E-state index in [2.05, 4.69) is 10.3 Å². The molecule has 0 aliphatic rings. The molecular weight excluding hydrogens is 268 g/mol. The molecule has 0 aliphatic carbocycles. The monoisotopic (exact) mass is 284 g/mol. The van der Waals surface area contributed by atoms with Crippen molar-refractivity contribution in [2.45, 2.75) is 33.2 Å². The summed E-state index contributed by atoms with van der Waals surface area (Å²) in [5.41, 5.74) is 0.876. The van der Waals surface area contributed by atoms with Crippen molar-refractivity contribution in [3.05, 3.63) is 28.5 Å². The van der Waals surface area contributed by atoms with Crippen LogP contribution in [0, 0.1) is 12.8 Å². The van der Waals surface area contributed by atoms with Gasteiger partial charge in [0, 0.05) is 11.9 Å². The molecule has 0 spiro atoms. The van der Waals surface area contributed by atoms with Crippen LogP contribution in [0.3, 0.4) is 0 Å². The SMILES string of the molecule is Cc1cc(Cl)c(C(=O)N[C@H](CC(C)C)C(=O)O)cn1. The van der Waals surface area contributed by atoms with Gasteiger partial charge in [-0.1, -0.05) is 25.4 Å². The van der Waals surface area contributed by atoms with Gasteiger partial charge in [0.15, 0.2) is 0 Å². The summed E-state index contributed by atoms with van der Waals surface area (Å²) in [6.45, 7) is 5.54. The summed E-state index contributed by atoms with van der Waals surface area (Å²) in [5, 5.41) is 11.8. The zero-order valence-corrected chi connectivity index (χ0v) is 11.9. The highest BCUT2D eigenvalue weighted by atomic mass is 35.5. The third-order valence-corrected chi connectivity index (χ3v) is 2.86. The van der Waals surface area contributed by atoms with Crippen molar-refractivity contribution in [2.24, 2.45) is 5.92 Å². The van der Waals surface area contributed by atoms with Gasteiger partial charge in [-0.3, -0.25) is 9.78 Å². The van der Waals surface area contributed by atoms with E-state index < -0.39 is 17.9 Å². The second-order valence-electron chi connectivity index (χ2n) is 4.80. The molecular formula is C13H17ClN2O3. The topological polar surface area (TPSA) is 79.3 Å². The average Bonchev–Trinajstić information content (AvgIpc) is 2.26. The lowest BCUT2D eigenvalue weighted by molar-refractivity contribution is -0.139. The first kappa shape index (κ1) is 15.4. The van der Waals surface area contributed by atoms with E-state index in [0.29, 0.717) is 12.1 Å². The van der Waals surface area contributed by atoms with Crippen LogP contribution in [-0.4, -0.2) is 28.0 Å². The Morgan fingerprint density at radius 1 is 1.47 bits per heavy atom. The number of carboxylic acids is 1. The first-order valence-corrected chi connectivity index (χ1v) is 6.35. The van der Waals surface area contributed by atoms with Gasteiger partial charge in [-0.25, -0.2) is 4.79 Å². The van der Waals surface area contributed by atoms with Gasteiger partial charge in [0.05, 0.1) is 10.6 Å². The number of hydrogen-bond donors (Lipinski definition) is 2. The van der Waals surface area contributed by atoms with Crippen molar-refractivity contribution < 1.29 is 14.7 Å². The summed E-state index contributed by atoms with van der Waals surface area (Å²) in [6.07, 6.45) is 1.71. The van der Waals surface area contributed by atoms with E-state index in [4.69, 9.17) is 16.7 Å². The fourth-order valence-corrected chi connectivity index (χ4v) is 1.91. The Morgan fingerprint density at radius 2 is 2.11 bits per heavy atom. The van der Waals surface area contributed by atoms with Gasteiger partial charge < -0.3 is 10.4 Å². The highest BCUT2D eigenvalue weighted by molar-refractivity contribution is 6.33. The molecule has 1 aromatic rings. The van der Waals surface area contributed by atoms with E-state index >= 15 is 0 Å². The van der Waals surface area contributed by atoms with E-state index in [1.807, 2.05) is 13.8 Å². The summed E-state index contributed by atoms with van der Waals surface area (Å²) in [4.78, 5) is 27.0. The number of aryl methyl sites for hydroxylation is 1. The summed E-state index contributed by atoms with van der Waals surface area (Å²) in [6, 6.07) is 0.638. The number of halogens is 1. The van der Waals surface area contributed by atoms with Gasteiger partial charge in [-0.2, -0.15) is 0 Å². The molecule has 0 radical (unpaired) electrons. The number of nitrogens with zero attached hydrogens (tertiary/aromatic N) is 1. The van der Waals surface area contributed by atoms with E-state index in [1.165, 1.54) is 6.20 Å². The predicted octanol–water partition coefficient (Wildman–Crippen LogP) is 2.27. The molecule has 2 N–H and O–H groups in total. The molecule has 6 heteroatoms. The molecule has 1 amide bonds. The smallest absolute Gasteiger partial charge is 0.326 e.